The topological polar surface area (TPSA) is 41.5 Å². The van der Waals surface area contributed by atoms with Crippen LogP contribution in [0.15, 0.2) is 12.2 Å². The Morgan fingerprint density at radius 1 is 1.67 bits per heavy atom. The van der Waals surface area contributed by atoms with E-state index in [4.69, 9.17) is 4.74 Å². The number of hydrogen-bond acceptors (Lipinski definition) is 3. The van der Waals surface area contributed by atoms with Crippen LogP contribution in [0.2, 0.25) is 0 Å². The van der Waals surface area contributed by atoms with E-state index in [1.165, 1.54) is 0 Å². The van der Waals surface area contributed by atoms with Crippen LogP contribution in [0.1, 0.15) is 13.3 Å². The van der Waals surface area contributed by atoms with Gasteiger partial charge in [0.1, 0.15) is 5.60 Å². The molecule has 0 aromatic carbocycles. The highest BCUT2D eigenvalue weighted by atomic mass is 16.5. The van der Waals surface area contributed by atoms with E-state index in [9.17, 15) is 5.11 Å². The van der Waals surface area contributed by atoms with Gasteiger partial charge in [-0.1, -0.05) is 12.2 Å². The van der Waals surface area contributed by atoms with Gasteiger partial charge in [-0.05, 0) is 6.92 Å². The minimum Gasteiger partial charge on any atom is -0.386 e. The van der Waals surface area contributed by atoms with Gasteiger partial charge in [0.25, 0.3) is 0 Å². The number of nitrogens with one attached hydrogen (secondary N) is 1. The summed E-state index contributed by atoms with van der Waals surface area (Å²) in [5.74, 6) is 0. The summed E-state index contributed by atoms with van der Waals surface area (Å²) >= 11 is 0. The Balaban J connectivity index is 2.12. The summed E-state index contributed by atoms with van der Waals surface area (Å²) in [5.41, 5.74) is -0.623. The molecular formula is C9H17NO2. The molecule has 0 spiro atoms. The summed E-state index contributed by atoms with van der Waals surface area (Å²) in [6.07, 6.45) is 4.76. The normalized spacial score (nSPS) is 30.2. The molecule has 1 aliphatic heterocycles. The summed E-state index contributed by atoms with van der Waals surface area (Å²) in [4.78, 5) is 0. The van der Waals surface area contributed by atoms with Gasteiger partial charge in [-0.3, -0.25) is 0 Å². The number of ether oxygens (including phenoxy) is 1. The van der Waals surface area contributed by atoms with Crippen LogP contribution in [-0.4, -0.2) is 37.0 Å². The lowest BCUT2D eigenvalue weighted by molar-refractivity contribution is 0.0279. The molecule has 0 bridgehead atoms. The Bertz CT molecular complexity index is 151. The minimum atomic E-state index is -0.623. The van der Waals surface area contributed by atoms with Crippen molar-refractivity contribution in [1.82, 2.24) is 5.32 Å². The molecule has 0 aromatic heterocycles. The van der Waals surface area contributed by atoms with Gasteiger partial charge in [-0.25, -0.2) is 0 Å². The predicted molar refractivity (Wildman–Crippen MR) is 48.1 cm³/mol. The molecule has 2 N–H and O–H groups in total. The summed E-state index contributed by atoms with van der Waals surface area (Å²) in [5, 5.41) is 12.9. The van der Waals surface area contributed by atoms with Crippen molar-refractivity contribution in [3.8, 4) is 0 Å². The van der Waals surface area contributed by atoms with Crippen LogP contribution in [0, 0.1) is 0 Å². The van der Waals surface area contributed by atoms with Crippen molar-refractivity contribution >= 4 is 0 Å². The van der Waals surface area contributed by atoms with Gasteiger partial charge in [-0.15, -0.1) is 0 Å². The van der Waals surface area contributed by atoms with Crippen molar-refractivity contribution in [1.29, 1.82) is 0 Å². The van der Waals surface area contributed by atoms with E-state index in [1.54, 1.807) is 0 Å². The Morgan fingerprint density at radius 2 is 2.50 bits per heavy atom. The fourth-order valence-electron chi connectivity index (χ4n) is 1.24. The van der Waals surface area contributed by atoms with Crippen LogP contribution in [0.4, 0.5) is 0 Å². The second-order valence-electron chi connectivity index (χ2n) is 3.23. The predicted octanol–water partition coefficient (Wildman–Crippen LogP) is 0.303. The van der Waals surface area contributed by atoms with E-state index >= 15 is 0 Å². The zero-order chi connectivity index (χ0) is 8.86. The minimum absolute atomic E-state index is 0.468. The molecule has 1 saturated heterocycles. The summed E-state index contributed by atoms with van der Waals surface area (Å²) < 4.78 is 5.11. The lowest BCUT2D eigenvalue weighted by atomic mass is 10.0. The van der Waals surface area contributed by atoms with Gasteiger partial charge in [0, 0.05) is 26.1 Å². The van der Waals surface area contributed by atoms with Crippen LogP contribution >= 0.6 is 0 Å². The first-order valence-electron chi connectivity index (χ1n) is 4.39. The van der Waals surface area contributed by atoms with Crippen LogP contribution < -0.4 is 5.32 Å². The van der Waals surface area contributed by atoms with Crippen molar-refractivity contribution in [2.75, 3.05) is 26.3 Å². The molecule has 1 rings (SSSR count). The van der Waals surface area contributed by atoms with Gasteiger partial charge in [0.2, 0.25) is 0 Å². The molecule has 12 heavy (non-hydrogen) atoms. The molecule has 1 atom stereocenters. The van der Waals surface area contributed by atoms with Gasteiger partial charge in [0.05, 0.1) is 6.61 Å². The van der Waals surface area contributed by atoms with E-state index in [-0.39, 0.29) is 0 Å². The maximum absolute atomic E-state index is 9.78. The molecule has 3 nitrogen and oxygen atoms in total. The van der Waals surface area contributed by atoms with Crippen LogP contribution in [0.5, 0.6) is 0 Å². The molecule has 1 fully saturated rings. The third kappa shape index (κ3) is 2.93. The molecule has 1 unspecified atom stereocenters. The zero-order valence-corrected chi connectivity index (χ0v) is 7.55. The Hall–Kier alpha value is -0.380. The summed E-state index contributed by atoms with van der Waals surface area (Å²) in [6, 6.07) is 0. The molecule has 3 heteroatoms. The Morgan fingerprint density at radius 3 is 3.08 bits per heavy atom. The molecule has 1 aliphatic rings. The fraction of sp³-hybridized carbons (Fsp3) is 0.778. The maximum Gasteiger partial charge on any atom is 0.102 e. The number of allylic oxidation sites excluding steroid dienone is 1. The van der Waals surface area contributed by atoms with E-state index in [0.29, 0.717) is 19.8 Å². The van der Waals surface area contributed by atoms with Crippen molar-refractivity contribution in [3.05, 3.63) is 12.2 Å². The second kappa shape index (κ2) is 4.60. The standard InChI is InChI=1S/C9H17NO2/c1-2-3-5-10-7-9(11)4-6-12-8-9/h2-3,10-11H,4-8H2,1H3/b3-2+. The van der Waals surface area contributed by atoms with Crippen molar-refractivity contribution in [3.63, 3.8) is 0 Å². The molecule has 1 heterocycles. The molecular weight excluding hydrogens is 154 g/mol. The smallest absolute Gasteiger partial charge is 0.102 e. The lowest BCUT2D eigenvalue weighted by Gasteiger charge is -2.19. The van der Waals surface area contributed by atoms with Crippen LogP contribution in [-0.2, 0) is 4.74 Å². The Kier molecular flexibility index (Phi) is 3.72. The van der Waals surface area contributed by atoms with Gasteiger partial charge >= 0.3 is 0 Å². The number of rotatable bonds is 4. The lowest BCUT2D eigenvalue weighted by Crippen LogP contribution is -2.41. The van der Waals surface area contributed by atoms with E-state index in [0.717, 1.165) is 13.0 Å². The highest BCUT2D eigenvalue weighted by molar-refractivity contribution is 4.87. The zero-order valence-electron chi connectivity index (χ0n) is 7.55. The maximum atomic E-state index is 9.78. The van der Waals surface area contributed by atoms with E-state index in [2.05, 4.69) is 5.32 Å². The highest BCUT2D eigenvalue weighted by Gasteiger charge is 2.31. The van der Waals surface area contributed by atoms with E-state index in [1.807, 2.05) is 19.1 Å². The molecule has 0 aliphatic carbocycles. The Labute approximate surface area is 73.4 Å². The van der Waals surface area contributed by atoms with Crippen molar-refractivity contribution in [2.24, 2.45) is 0 Å². The third-order valence-electron chi connectivity index (χ3n) is 2.03. The molecule has 70 valence electrons. The van der Waals surface area contributed by atoms with Gasteiger partial charge in [0.15, 0.2) is 0 Å². The molecule has 0 saturated carbocycles. The first-order chi connectivity index (χ1) is 5.77. The monoisotopic (exact) mass is 171 g/mol. The molecule has 0 amide bonds. The SMILES string of the molecule is C/C=C/CNCC1(O)CCOC1. The van der Waals surface area contributed by atoms with Gasteiger partial charge < -0.3 is 15.2 Å². The molecule has 0 radical (unpaired) electrons. The van der Waals surface area contributed by atoms with Crippen LogP contribution in [0.25, 0.3) is 0 Å². The molecule has 0 aromatic rings. The van der Waals surface area contributed by atoms with Crippen molar-refractivity contribution < 1.29 is 9.84 Å². The quantitative estimate of drug-likeness (QED) is 0.472. The average Bonchev–Trinajstić information content (AvgIpc) is 2.47. The summed E-state index contributed by atoms with van der Waals surface area (Å²) in [6.45, 7) is 4.57. The fourth-order valence-corrected chi connectivity index (χ4v) is 1.24. The largest absolute Gasteiger partial charge is 0.386 e. The highest BCUT2D eigenvalue weighted by Crippen LogP contribution is 2.16. The number of hydrogen-bond donors (Lipinski definition) is 2. The van der Waals surface area contributed by atoms with Crippen LogP contribution in [0.3, 0.4) is 0 Å². The first kappa shape index (κ1) is 9.71. The summed E-state index contributed by atoms with van der Waals surface area (Å²) in [7, 11) is 0. The second-order valence-corrected chi connectivity index (χ2v) is 3.23. The van der Waals surface area contributed by atoms with Gasteiger partial charge in [-0.2, -0.15) is 0 Å². The number of aliphatic hydroxyl groups is 1. The third-order valence-corrected chi connectivity index (χ3v) is 2.03. The van der Waals surface area contributed by atoms with E-state index < -0.39 is 5.60 Å². The van der Waals surface area contributed by atoms with Crippen molar-refractivity contribution in [2.45, 2.75) is 18.9 Å². The first-order valence-corrected chi connectivity index (χ1v) is 4.39. The average molecular weight is 171 g/mol.